The van der Waals surface area contributed by atoms with Crippen molar-refractivity contribution >= 4 is 17.2 Å². The van der Waals surface area contributed by atoms with Crippen LogP contribution in [0, 0.1) is 5.82 Å². The number of pyridine rings is 2. The molecule has 28 heavy (non-hydrogen) atoms. The number of benzene rings is 1. The summed E-state index contributed by atoms with van der Waals surface area (Å²) >= 11 is 5.86. The molecule has 2 aromatic heterocycles. The van der Waals surface area contributed by atoms with E-state index in [2.05, 4.69) is 10.3 Å². The van der Waals surface area contributed by atoms with Crippen molar-refractivity contribution in [3.63, 3.8) is 0 Å². The van der Waals surface area contributed by atoms with Crippen LogP contribution in [0.2, 0.25) is 5.02 Å². The fraction of sp³-hybridized carbons (Fsp3) is 0.182. The largest absolute Gasteiger partial charge is 0.312 e. The van der Waals surface area contributed by atoms with E-state index in [9.17, 15) is 9.18 Å². The quantitative estimate of drug-likeness (QED) is 0.712. The molecule has 0 aliphatic carbocycles. The van der Waals surface area contributed by atoms with Crippen LogP contribution in [0.1, 0.15) is 18.9 Å². The summed E-state index contributed by atoms with van der Waals surface area (Å²) in [4.78, 5) is 16.8. The monoisotopic (exact) mass is 395 g/mol. The maximum atomic E-state index is 14.8. The minimum atomic E-state index is -0.328. The Morgan fingerprint density at radius 2 is 2.04 bits per heavy atom. The molecule has 0 saturated carbocycles. The normalized spacial score (nSPS) is 14.4. The highest BCUT2D eigenvalue weighted by atomic mass is 35.5. The number of halogens is 2. The lowest BCUT2D eigenvalue weighted by molar-refractivity contribution is 0.618. The lowest BCUT2D eigenvalue weighted by Crippen LogP contribution is -2.24. The van der Waals surface area contributed by atoms with Gasteiger partial charge in [0.25, 0.3) is 5.56 Å². The number of aromatic nitrogens is 2. The molecule has 4 rings (SSSR count). The summed E-state index contributed by atoms with van der Waals surface area (Å²) in [5.41, 5.74) is 4.35. The van der Waals surface area contributed by atoms with E-state index in [4.69, 9.17) is 11.6 Å². The molecule has 0 fully saturated rings. The third kappa shape index (κ3) is 3.63. The van der Waals surface area contributed by atoms with Crippen molar-refractivity contribution in [3.05, 3.63) is 87.2 Å². The van der Waals surface area contributed by atoms with Crippen LogP contribution >= 0.6 is 11.6 Å². The molecule has 0 saturated heterocycles. The summed E-state index contributed by atoms with van der Waals surface area (Å²) in [5, 5.41) is 3.81. The molecule has 0 atom stereocenters. The highest BCUT2D eigenvalue weighted by Gasteiger charge is 2.15. The molecular weight excluding hydrogens is 377 g/mol. The maximum absolute atomic E-state index is 14.8. The van der Waals surface area contributed by atoms with Gasteiger partial charge in [-0.25, -0.2) is 4.39 Å². The van der Waals surface area contributed by atoms with E-state index in [0.29, 0.717) is 34.1 Å². The molecule has 3 heterocycles. The number of hydrogen-bond acceptors (Lipinski definition) is 3. The van der Waals surface area contributed by atoms with Gasteiger partial charge in [-0.15, -0.1) is 0 Å². The minimum absolute atomic E-state index is 0.254. The van der Waals surface area contributed by atoms with E-state index in [-0.39, 0.29) is 11.4 Å². The third-order valence-electron chi connectivity index (χ3n) is 4.99. The second-order valence-corrected chi connectivity index (χ2v) is 7.27. The summed E-state index contributed by atoms with van der Waals surface area (Å²) in [6.45, 7) is 3.61. The Bertz CT molecular complexity index is 1120. The van der Waals surface area contributed by atoms with Crippen LogP contribution in [0.3, 0.4) is 0 Å². The summed E-state index contributed by atoms with van der Waals surface area (Å²) in [5.74, 6) is -0.328. The van der Waals surface area contributed by atoms with E-state index in [1.54, 1.807) is 36.5 Å². The van der Waals surface area contributed by atoms with Gasteiger partial charge in [-0.05, 0) is 61.9 Å². The van der Waals surface area contributed by atoms with Crippen molar-refractivity contribution in [3.8, 4) is 16.9 Å². The van der Waals surface area contributed by atoms with Crippen LogP contribution in [-0.2, 0) is 0 Å². The van der Waals surface area contributed by atoms with Gasteiger partial charge in [-0.2, -0.15) is 0 Å². The summed E-state index contributed by atoms with van der Waals surface area (Å²) < 4.78 is 16.2. The molecule has 1 aromatic carbocycles. The van der Waals surface area contributed by atoms with E-state index in [1.165, 1.54) is 28.5 Å². The van der Waals surface area contributed by atoms with Crippen LogP contribution in [0.15, 0.2) is 65.2 Å². The van der Waals surface area contributed by atoms with Crippen LogP contribution in [0.25, 0.3) is 22.5 Å². The van der Waals surface area contributed by atoms with Gasteiger partial charge in [-0.1, -0.05) is 17.2 Å². The van der Waals surface area contributed by atoms with Crippen molar-refractivity contribution in [1.82, 2.24) is 14.9 Å². The maximum Gasteiger partial charge on any atom is 0.255 e. The molecule has 0 amide bonds. The Hall–Kier alpha value is -2.76. The fourth-order valence-corrected chi connectivity index (χ4v) is 3.52. The second-order valence-electron chi connectivity index (χ2n) is 6.84. The smallest absolute Gasteiger partial charge is 0.255 e. The molecule has 1 N–H and O–H groups in total. The molecule has 0 radical (unpaired) electrons. The molecule has 4 nitrogen and oxygen atoms in total. The van der Waals surface area contributed by atoms with Crippen LogP contribution < -0.4 is 10.9 Å². The first-order valence-electron chi connectivity index (χ1n) is 9.07. The molecule has 0 unspecified atom stereocenters. The van der Waals surface area contributed by atoms with Gasteiger partial charge in [0.15, 0.2) is 0 Å². The van der Waals surface area contributed by atoms with Crippen molar-refractivity contribution in [2.24, 2.45) is 0 Å². The summed E-state index contributed by atoms with van der Waals surface area (Å²) in [7, 11) is 0. The molecule has 1 aliphatic rings. The molecule has 6 heteroatoms. The lowest BCUT2D eigenvalue weighted by atomic mass is 9.95. The summed E-state index contributed by atoms with van der Waals surface area (Å²) in [6, 6.07) is 11.7. The number of nitrogens with one attached hydrogen (secondary N) is 1. The standard InChI is InChI=1S/C22H19ClFN3O/c1-14-6-8-25-13-19(14)18-4-3-17(11-20(18)24)27-9-7-15(10-22(27)28)21-5-2-16(23)12-26-21/h2-5,7,9-12,25H,6,8,13H2,1H3. The second kappa shape index (κ2) is 7.70. The van der Waals surface area contributed by atoms with Crippen molar-refractivity contribution in [2.45, 2.75) is 13.3 Å². The van der Waals surface area contributed by atoms with Gasteiger partial charge in [-0.3, -0.25) is 14.3 Å². The Balaban J connectivity index is 1.69. The van der Waals surface area contributed by atoms with Gasteiger partial charge in [0.1, 0.15) is 5.82 Å². The summed E-state index contributed by atoms with van der Waals surface area (Å²) in [6.07, 6.45) is 4.08. The Kier molecular flexibility index (Phi) is 5.11. The van der Waals surface area contributed by atoms with Gasteiger partial charge < -0.3 is 5.32 Å². The number of rotatable bonds is 3. The topological polar surface area (TPSA) is 46.9 Å². The first-order valence-corrected chi connectivity index (χ1v) is 9.45. The molecule has 3 aromatic rings. The van der Waals surface area contributed by atoms with E-state index >= 15 is 0 Å². The minimum Gasteiger partial charge on any atom is -0.312 e. The zero-order valence-electron chi connectivity index (χ0n) is 15.4. The van der Waals surface area contributed by atoms with Crippen LogP contribution in [0.5, 0.6) is 0 Å². The SMILES string of the molecule is CC1=C(c2ccc(-n3ccc(-c4ccc(Cl)cn4)cc3=O)cc2F)CNCC1. The zero-order valence-corrected chi connectivity index (χ0v) is 16.1. The average molecular weight is 396 g/mol. The molecule has 0 spiro atoms. The van der Waals surface area contributed by atoms with E-state index in [0.717, 1.165) is 18.5 Å². The van der Waals surface area contributed by atoms with Gasteiger partial charge in [0.2, 0.25) is 0 Å². The van der Waals surface area contributed by atoms with Crippen molar-refractivity contribution in [2.75, 3.05) is 13.1 Å². The van der Waals surface area contributed by atoms with Gasteiger partial charge in [0, 0.05) is 36.1 Å². The predicted octanol–water partition coefficient (Wildman–Crippen LogP) is 4.46. The first-order chi connectivity index (χ1) is 13.5. The predicted molar refractivity (Wildman–Crippen MR) is 110 cm³/mol. The molecule has 1 aliphatic heterocycles. The van der Waals surface area contributed by atoms with E-state index < -0.39 is 0 Å². The van der Waals surface area contributed by atoms with Crippen molar-refractivity contribution < 1.29 is 4.39 Å². The Labute approximate surface area is 167 Å². The Morgan fingerprint density at radius 1 is 1.18 bits per heavy atom. The first kappa shape index (κ1) is 18.6. The fourth-order valence-electron chi connectivity index (χ4n) is 3.41. The number of hydrogen-bond donors (Lipinski definition) is 1. The van der Waals surface area contributed by atoms with Gasteiger partial charge in [0.05, 0.1) is 16.4 Å². The third-order valence-corrected chi connectivity index (χ3v) is 5.22. The van der Waals surface area contributed by atoms with Gasteiger partial charge >= 0.3 is 0 Å². The average Bonchev–Trinajstić information content (AvgIpc) is 2.69. The number of nitrogens with zero attached hydrogens (tertiary/aromatic N) is 2. The Morgan fingerprint density at radius 3 is 2.71 bits per heavy atom. The van der Waals surface area contributed by atoms with E-state index in [1.807, 2.05) is 6.92 Å². The molecule has 0 bridgehead atoms. The lowest BCUT2D eigenvalue weighted by Gasteiger charge is -2.20. The van der Waals surface area contributed by atoms with Crippen LogP contribution in [-0.4, -0.2) is 22.6 Å². The molecule has 142 valence electrons. The molecular formula is C22H19ClFN3O. The van der Waals surface area contributed by atoms with Crippen molar-refractivity contribution in [1.29, 1.82) is 0 Å². The van der Waals surface area contributed by atoms with Crippen LogP contribution in [0.4, 0.5) is 4.39 Å². The highest BCUT2D eigenvalue weighted by molar-refractivity contribution is 6.30. The highest BCUT2D eigenvalue weighted by Crippen LogP contribution is 2.26. The zero-order chi connectivity index (χ0) is 19.7.